The van der Waals surface area contributed by atoms with Crippen molar-refractivity contribution < 1.29 is 158 Å². The topological polar surface area (TPSA) is 469 Å². The summed E-state index contributed by atoms with van der Waals surface area (Å²) < 4.78 is 182. The van der Waals surface area contributed by atoms with Gasteiger partial charge in [0.2, 0.25) is 21.1 Å². The average molecular weight is 1870 g/mol. The molecule has 12 aromatic carbocycles. The van der Waals surface area contributed by atoms with E-state index in [0.717, 1.165) is 155 Å². The molecule has 674 valence electrons. The maximum Gasteiger partial charge on any atom is 0.361 e. The molecule has 4 heterocycles. The summed E-state index contributed by atoms with van der Waals surface area (Å²) in [6, 6.07) is 127. The van der Waals surface area contributed by atoms with Gasteiger partial charge >= 0.3 is 34.6 Å². The molecule has 0 aliphatic heterocycles. The van der Waals surface area contributed by atoms with Gasteiger partial charge in [0, 0.05) is 39.9 Å². The first-order valence-corrected chi connectivity index (χ1v) is 45.2. The molecule has 0 unspecified atom stereocenters. The van der Waals surface area contributed by atoms with Crippen LogP contribution in [0.4, 0.5) is 0 Å². The molecule has 25 nitrogen and oxygen atoms in total. The lowest BCUT2D eigenvalue weighted by molar-refractivity contribution is -2.00. The zero-order valence-corrected chi connectivity index (χ0v) is 74.6. The molecule has 0 spiro atoms. The Labute approximate surface area is 769 Å². The van der Waals surface area contributed by atoms with Gasteiger partial charge in [-0.05, 0) is 198 Å². The maximum atomic E-state index is 9.33. The fourth-order valence-electron chi connectivity index (χ4n) is 12.4. The Morgan fingerprint density at radius 2 is 0.427 bits per heavy atom. The molecular formula is C101H86Cl4O25S. The summed E-state index contributed by atoms with van der Waals surface area (Å²) >= 11 is 1.82. The SMILES string of the molecule is CCCCOc1ccc(-c2cc(-c3ccccc3)[o+]c(-c3ccccc3)c2)cc1.COc1ccc(-c2cc(-c3ccc(CO)cc3)[o+]c(-c3ccc(OC)cc3)c2)cc1.COc1ccc(-c2cc(-c3ccccc3)[o+]c(-c3ccccc3)c2)cc1.COc1ccc(-c2cc(-c3ccccc3)[s+]c(-c3ccccc3)c2)cc1.[O-][Cl+3]([O-])([O-])[O-].[O-][Cl+3]([O-])([O-])[O-].[O-][Cl+3]([O-])([O-])[O-].[O-][Cl+3]([O-])([O-])[O-]. The number of aliphatic hydroxyl groups is 1. The van der Waals surface area contributed by atoms with Gasteiger partial charge in [-0.1, -0.05) is 183 Å². The quantitative estimate of drug-likeness (QED) is 0.0521. The summed E-state index contributed by atoms with van der Waals surface area (Å²) in [6.45, 7) is 2.94. The predicted molar refractivity (Wildman–Crippen MR) is 456 cm³/mol. The van der Waals surface area contributed by atoms with Crippen LogP contribution in [-0.2, 0) is 6.61 Å². The van der Waals surface area contributed by atoms with E-state index < -0.39 is 41.0 Å². The standard InChI is InChI=1S/C27H25O2.C26H23O4.C24H19O2.C24H19OS.4ClHO4/c1-2-3-18-28-25-16-14-21(15-17-25)24-19-26(22-10-6-4-7-11-22)29-27(20-24)23-12-8-5-9-13-23;1-28-23-11-7-19(8-12-23)22-15-25(20-5-3-18(17-27)4-6-20)30-26(16-22)21-9-13-24(29-2)14-10-21;2*1-25-22-14-12-18(13-15-22)21-16-23(19-8-4-2-5-9-19)26-24(17-21)20-10-6-3-7-11-20;4*2-1(3,4)5/h4-17,19-20H,2-3,18H2,1H3;3-16,27H,17H2,1-2H3;2*2-17H,1H3;4*(H,2,3,4,5)/q4*+1;;;;/p-4. The molecule has 1 N–H and O–H groups in total. The Balaban J connectivity index is 0.000000183. The molecule has 0 aliphatic rings. The van der Waals surface area contributed by atoms with E-state index in [2.05, 4.69) is 189 Å². The third kappa shape index (κ3) is 36.5. The van der Waals surface area contributed by atoms with Crippen molar-refractivity contribution in [1.82, 2.24) is 0 Å². The van der Waals surface area contributed by atoms with E-state index in [1.807, 2.05) is 205 Å². The number of methoxy groups -OCH3 is 4. The van der Waals surface area contributed by atoms with E-state index in [0.29, 0.717) is 0 Å². The van der Waals surface area contributed by atoms with Gasteiger partial charge in [-0.3, -0.25) is 0 Å². The summed E-state index contributed by atoms with van der Waals surface area (Å²) in [7, 11) is -13.1. The second-order valence-corrected chi connectivity index (χ2v) is 31.6. The molecule has 16 aromatic rings. The number of halogens is 4. The van der Waals surface area contributed by atoms with Crippen LogP contribution in [0.2, 0.25) is 0 Å². The number of hydrogen-bond acceptors (Lipinski definition) is 22. The third-order valence-corrected chi connectivity index (χ3v) is 19.7. The maximum absolute atomic E-state index is 9.33. The first-order chi connectivity index (χ1) is 62.7. The minimum Gasteiger partial charge on any atom is -0.497 e. The zero-order chi connectivity index (χ0) is 94.4. The van der Waals surface area contributed by atoms with Crippen LogP contribution in [0, 0.1) is 41.0 Å². The van der Waals surface area contributed by atoms with Crippen molar-refractivity contribution in [1.29, 1.82) is 0 Å². The fraction of sp³-hybridized carbons (Fsp3) is 0.0891. The Bertz CT molecular complexity index is 5480. The lowest BCUT2D eigenvalue weighted by atomic mass is 10.0. The van der Waals surface area contributed by atoms with E-state index in [1.54, 1.807) is 28.4 Å². The summed E-state index contributed by atoms with van der Waals surface area (Å²) in [5.41, 5.74) is 18.5. The first kappa shape index (κ1) is 102. The van der Waals surface area contributed by atoms with Crippen molar-refractivity contribution in [3.05, 3.63) is 382 Å². The highest BCUT2D eigenvalue weighted by Crippen LogP contribution is 2.41. The Morgan fingerprint density at radius 3 is 0.641 bits per heavy atom. The molecule has 0 radical (unpaired) electrons. The number of hydrogen-bond donors (Lipinski definition) is 1. The van der Waals surface area contributed by atoms with Gasteiger partial charge in [-0.25, -0.2) is 87.8 Å². The zero-order valence-electron chi connectivity index (χ0n) is 70.8. The molecule has 16 rings (SSSR count). The summed E-state index contributed by atoms with van der Waals surface area (Å²) in [6.07, 6.45) is 2.21. The van der Waals surface area contributed by atoms with Gasteiger partial charge in [0.05, 0.1) is 111 Å². The Morgan fingerprint density at radius 1 is 0.237 bits per heavy atom. The van der Waals surface area contributed by atoms with Gasteiger partial charge in [-0.15, -0.1) is 41.0 Å². The molecule has 0 amide bonds. The van der Waals surface area contributed by atoms with Crippen LogP contribution >= 0.6 is 11.3 Å². The van der Waals surface area contributed by atoms with Crippen LogP contribution in [-0.4, -0.2) is 40.2 Å². The second kappa shape index (κ2) is 50.9. The van der Waals surface area contributed by atoms with Crippen molar-refractivity contribution in [2.75, 3.05) is 35.0 Å². The minimum atomic E-state index is -4.94. The van der Waals surface area contributed by atoms with Gasteiger partial charge in [0.15, 0.2) is 0 Å². The van der Waals surface area contributed by atoms with E-state index in [-0.39, 0.29) is 6.61 Å². The van der Waals surface area contributed by atoms with Crippen molar-refractivity contribution in [2.45, 2.75) is 26.4 Å². The van der Waals surface area contributed by atoms with Crippen LogP contribution in [0.1, 0.15) is 25.3 Å². The summed E-state index contributed by atoms with van der Waals surface area (Å²) in [5.74, 6) is 9.14. The Hall–Kier alpha value is -12.9. The number of aliphatic hydroxyl groups excluding tert-OH is 1. The lowest BCUT2D eigenvalue weighted by Crippen LogP contribution is -2.68. The number of rotatable bonds is 21. The molecule has 0 atom stereocenters. The van der Waals surface area contributed by atoms with Crippen LogP contribution in [0.3, 0.4) is 0 Å². The van der Waals surface area contributed by atoms with Gasteiger partial charge in [0.1, 0.15) is 28.7 Å². The summed E-state index contributed by atoms with van der Waals surface area (Å²) in [4.78, 5) is 2.52. The van der Waals surface area contributed by atoms with Crippen molar-refractivity contribution in [2.24, 2.45) is 0 Å². The summed E-state index contributed by atoms with van der Waals surface area (Å²) in [5, 5.41) is 9.33. The van der Waals surface area contributed by atoms with Crippen LogP contribution < -0.4 is 98.2 Å². The van der Waals surface area contributed by atoms with Gasteiger partial charge in [-0.2, -0.15) is 0 Å². The predicted octanol–water partition coefficient (Wildman–Crippen LogP) is 8.40. The van der Waals surface area contributed by atoms with E-state index >= 15 is 0 Å². The molecule has 131 heavy (non-hydrogen) atoms. The van der Waals surface area contributed by atoms with Gasteiger partial charge < -0.3 is 28.8 Å². The van der Waals surface area contributed by atoms with Crippen molar-refractivity contribution >= 4 is 11.3 Å². The highest BCUT2D eigenvalue weighted by molar-refractivity contribution is 7.18. The molecule has 0 bridgehead atoms. The highest BCUT2D eigenvalue weighted by atomic mass is 35.7. The third-order valence-electron chi connectivity index (χ3n) is 18.5. The molecule has 30 heteroatoms. The van der Waals surface area contributed by atoms with Crippen LogP contribution in [0.15, 0.2) is 389 Å². The van der Waals surface area contributed by atoms with E-state index in [9.17, 15) is 5.11 Å². The second-order valence-electron chi connectivity index (χ2n) is 27.5. The van der Waals surface area contributed by atoms with Crippen LogP contribution in [0.25, 0.3) is 133 Å². The monoisotopic (exact) mass is 1870 g/mol. The van der Waals surface area contributed by atoms with E-state index in [1.165, 1.54) is 32.0 Å². The fourth-order valence-corrected chi connectivity index (χ4v) is 13.5. The first-order valence-electron chi connectivity index (χ1n) is 39.4. The number of benzene rings is 12. The largest absolute Gasteiger partial charge is 0.497 e. The molecule has 0 fully saturated rings. The van der Waals surface area contributed by atoms with Gasteiger partial charge in [0.25, 0.3) is 0 Å². The number of ether oxygens (including phenoxy) is 5. The van der Waals surface area contributed by atoms with E-state index in [4.69, 9.17) is 111 Å². The average Bonchev–Trinajstić information content (AvgIpc) is 0.803. The molecule has 0 aliphatic carbocycles. The molecule has 0 saturated heterocycles. The highest BCUT2D eigenvalue weighted by Gasteiger charge is 2.26. The minimum absolute atomic E-state index is 0.0143. The Kier molecular flexibility index (Phi) is 39.6. The molecule has 4 aromatic heterocycles. The molecular weight excluding hydrogens is 1790 g/mol. The molecule has 0 saturated carbocycles. The van der Waals surface area contributed by atoms with Crippen molar-refractivity contribution in [3.63, 3.8) is 0 Å². The van der Waals surface area contributed by atoms with Crippen LogP contribution in [0.5, 0.6) is 28.7 Å². The van der Waals surface area contributed by atoms with Crippen molar-refractivity contribution in [3.8, 4) is 162 Å². The number of unbranched alkanes of at least 4 members (excludes halogenated alkanes) is 1. The smallest absolute Gasteiger partial charge is 0.361 e. The lowest BCUT2D eigenvalue weighted by Gasteiger charge is -2.17. The normalized spacial score (nSPS) is 10.8.